The highest BCUT2D eigenvalue weighted by molar-refractivity contribution is 5.91. The summed E-state index contributed by atoms with van der Waals surface area (Å²) in [7, 11) is 0. The Labute approximate surface area is 110 Å². The van der Waals surface area contributed by atoms with Crippen molar-refractivity contribution in [3.63, 3.8) is 0 Å². The Morgan fingerprint density at radius 3 is 2.53 bits per heavy atom. The van der Waals surface area contributed by atoms with E-state index < -0.39 is 23.2 Å². The summed E-state index contributed by atoms with van der Waals surface area (Å²) in [6.07, 6.45) is 0. The van der Waals surface area contributed by atoms with Crippen LogP contribution in [0.15, 0.2) is 18.2 Å². The molecular formula is C13H16FNO4. The van der Waals surface area contributed by atoms with Gasteiger partial charge in [0, 0.05) is 11.6 Å². The molecule has 2 N–H and O–H groups in total. The van der Waals surface area contributed by atoms with Crippen molar-refractivity contribution in [2.45, 2.75) is 26.3 Å². The van der Waals surface area contributed by atoms with Gasteiger partial charge in [-0.3, -0.25) is 4.79 Å². The number of amides is 1. The molecule has 0 saturated carbocycles. The van der Waals surface area contributed by atoms with Crippen LogP contribution in [0.4, 0.5) is 4.39 Å². The number of rotatable bonds is 4. The van der Waals surface area contributed by atoms with Gasteiger partial charge in [-0.2, -0.15) is 0 Å². The summed E-state index contributed by atoms with van der Waals surface area (Å²) in [5.41, 5.74) is -0.608. The largest absolute Gasteiger partial charge is 0.483 e. The SMILES string of the molecule is CC(C)(C)NC(=O)COc1cc(F)ccc1C(=O)O. The molecule has 6 heteroatoms. The fraction of sp³-hybridized carbons (Fsp3) is 0.385. The molecule has 0 aliphatic heterocycles. The van der Waals surface area contributed by atoms with Crippen LogP contribution in [0.2, 0.25) is 0 Å². The number of nitrogens with one attached hydrogen (secondary N) is 1. The Morgan fingerprint density at radius 2 is 2.00 bits per heavy atom. The molecule has 0 spiro atoms. The van der Waals surface area contributed by atoms with Crippen LogP contribution in [-0.2, 0) is 4.79 Å². The van der Waals surface area contributed by atoms with E-state index in [-0.39, 0.29) is 17.9 Å². The molecule has 0 bridgehead atoms. The third-order valence-electron chi connectivity index (χ3n) is 2.05. The number of hydrogen-bond acceptors (Lipinski definition) is 3. The summed E-state index contributed by atoms with van der Waals surface area (Å²) < 4.78 is 18.1. The van der Waals surface area contributed by atoms with Gasteiger partial charge in [0.2, 0.25) is 0 Å². The number of aromatic carboxylic acids is 1. The molecule has 0 aromatic heterocycles. The predicted octanol–water partition coefficient (Wildman–Crippen LogP) is 1.82. The standard InChI is InChI=1S/C13H16FNO4/c1-13(2,3)15-11(16)7-19-10-6-8(14)4-5-9(10)12(17)18/h4-6H,7H2,1-3H3,(H,15,16)(H,17,18). The molecule has 0 atom stereocenters. The van der Waals surface area contributed by atoms with E-state index in [9.17, 15) is 14.0 Å². The average molecular weight is 269 g/mol. The minimum absolute atomic E-state index is 0.170. The van der Waals surface area contributed by atoms with Crippen LogP contribution in [0.1, 0.15) is 31.1 Å². The van der Waals surface area contributed by atoms with Crippen molar-refractivity contribution in [1.29, 1.82) is 0 Å². The third-order valence-corrected chi connectivity index (χ3v) is 2.05. The Hall–Kier alpha value is -2.11. The molecule has 0 fully saturated rings. The van der Waals surface area contributed by atoms with Crippen molar-refractivity contribution in [3.8, 4) is 5.75 Å². The highest BCUT2D eigenvalue weighted by Gasteiger charge is 2.16. The Kier molecular flexibility index (Phi) is 4.47. The van der Waals surface area contributed by atoms with Crippen LogP contribution >= 0.6 is 0 Å². The average Bonchev–Trinajstić information content (AvgIpc) is 2.23. The first-order valence-electron chi connectivity index (χ1n) is 5.66. The minimum atomic E-state index is -1.24. The van der Waals surface area contributed by atoms with Crippen molar-refractivity contribution in [3.05, 3.63) is 29.6 Å². The van der Waals surface area contributed by atoms with E-state index in [0.29, 0.717) is 0 Å². The summed E-state index contributed by atoms with van der Waals surface area (Å²) in [5, 5.41) is 11.6. The molecule has 0 radical (unpaired) electrons. The van der Waals surface area contributed by atoms with Crippen molar-refractivity contribution in [1.82, 2.24) is 5.32 Å². The second-order valence-corrected chi connectivity index (χ2v) is 5.03. The zero-order valence-corrected chi connectivity index (χ0v) is 11.0. The molecule has 0 aliphatic carbocycles. The van der Waals surface area contributed by atoms with Gasteiger partial charge in [-0.05, 0) is 32.9 Å². The van der Waals surface area contributed by atoms with Gasteiger partial charge in [-0.1, -0.05) is 0 Å². The summed E-state index contributed by atoms with van der Waals surface area (Å²) >= 11 is 0. The summed E-state index contributed by atoms with van der Waals surface area (Å²) in [6, 6.07) is 3.05. The van der Waals surface area contributed by atoms with Gasteiger partial charge in [-0.15, -0.1) is 0 Å². The van der Waals surface area contributed by atoms with E-state index in [1.165, 1.54) is 0 Å². The van der Waals surface area contributed by atoms with Gasteiger partial charge < -0.3 is 15.2 Å². The maximum Gasteiger partial charge on any atom is 0.339 e. The Balaban J connectivity index is 2.75. The lowest BCUT2D eigenvalue weighted by atomic mass is 10.1. The van der Waals surface area contributed by atoms with E-state index in [4.69, 9.17) is 9.84 Å². The lowest BCUT2D eigenvalue weighted by Crippen LogP contribution is -2.43. The number of benzene rings is 1. The van der Waals surface area contributed by atoms with E-state index in [1.54, 1.807) is 20.8 Å². The zero-order valence-electron chi connectivity index (χ0n) is 11.0. The lowest BCUT2D eigenvalue weighted by molar-refractivity contribution is -0.124. The van der Waals surface area contributed by atoms with Crippen LogP contribution in [0.5, 0.6) is 5.75 Å². The molecule has 1 aromatic rings. The van der Waals surface area contributed by atoms with Crippen molar-refractivity contribution in [2.24, 2.45) is 0 Å². The smallest absolute Gasteiger partial charge is 0.339 e. The number of carbonyl (C=O) groups excluding carboxylic acids is 1. The predicted molar refractivity (Wildman–Crippen MR) is 66.8 cm³/mol. The number of hydrogen-bond donors (Lipinski definition) is 2. The highest BCUT2D eigenvalue weighted by atomic mass is 19.1. The molecule has 19 heavy (non-hydrogen) atoms. The molecule has 1 rings (SSSR count). The second kappa shape index (κ2) is 5.69. The van der Waals surface area contributed by atoms with Crippen LogP contribution in [0.25, 0.3) is 0 Å². The fourth-order valence-corrected chi connectivity index (χ4v) is 1.39. The third kappa shape index (κ3) is 4.95. The minimum Gasteiger partial charge on any atom is -0.483 e. The van der Waals surface area contributed by atoms with Gasteiger partial charge in [0.15, 0.2) is 6.61 Å². The molecule has 0 heterocycles. The number of ether oxygens (including phenoxy) is 1. The number of carbonyl (C=O) groups is 2. The number of carboxylic acid groups (broad SMARTS) is 1. The number of halogens is 1. The van der Waals surface area contributed by atoms with Gasteiger partial charge in [0.05, 0.1) is 0 Å². The van der Waals surface area contributed by atoms with Crippen LogP contribution < -0.4 is 10.1 Å². The molecule has 0 unspecified atom stereocenters. The van der Waals surface area contributed by atoms with E-state index in [0.717, 1.165) is 18.2 Å². The first-order chi connectivity index (χ1) is 8.69. The molecule has 5 nitrogen and oxygen atoms in total. The molecule has 0 aliphatic rings. The summed E-state index contributed by atoms with van der Waals surface area (Å²) in [4.78, 5) is 22.4. The molecule has 0 saturated heterocycles. The van der Waals surface area contributed by atoms with Crippen LogP contribution in [0, 0.1) is 5.82 Å². The topological polar surface area (TPSA) is 75.6 Å². The van der Waals surface area contributed by atoms with Crippen molar-refractivity contribution in [2.75, 3.05) is 6.61 Å². The van der Waals surface area contributed by atoms with E-state index in [1.807, 2.05) is 0 Å². The quantitative estimate of drug-likeness (QED) is 0.874. The maximum absolute atomic E-state index is 13.0. The molecular weight excluding hydrogens is 253 g/mol. The Bertz CT molecular complexity index is 494. The second-order valence-electron chi connectivity index (χ2n) is 5.03. The zero-order chi connectivity index (χ0) is 14.6. The Morgan fingerprint density at radius 1 is 1.37 bits per heavy atom. The van der Waals surface area contributed by atoms with Gasteiger partial charge >= 0.3 is 5.97 Å². The normalized spacial score (nSPS) is 10.9. The van der Waals surface area contributed by atoms with Gasteiger partial charge in [0.25, 0.3) is 5.91 Å². The van der Waals surface area contributed by atoms with Crippen LogP contribution in [-0.4, -0.2) is 29.1 Å². The molecule has 1 aromatic carbocycles. The summed E-state index contributed by atoms with van der Waals surface area (Å²) in [5.74, 6) is -2.45. The molecule has 104 valence electrons. The first-order valence-corrected chi connectivity index (χ1v) is 5.66. The van der Waals surface area contributed by atoms with Crippen molar-refractivity contribution < 1.29 is 23.8 Å². The van der Waals surface area contributed by atoms with E-state index >= 15 is 0 Å². The fourth-order valence-electron chi connectivity index (χ4n) is 1.39. The molecule has 1 amide bonds. The lowest BCUT2D eigenvalue weighted by Gasteiger charge is -2.20. The van der Waals surface area contributed by atoms with Gasteiger partial charge in [-0.25, -0.2) is 9.18 Å². The maximum atomic E-state index is 13.0. The highest BCUT2D eigenvalue weighted by Crippen LogP contribution is 2.19. The summed E-state index contributed by atoms with van der Waals surface area (Å²) in [6.45, 7) is 5.03. The van der Waals surface area contributed by atoms with Crippen molar-refractivity contribution >= 4 is 11.9 Å². The van der Waals surface area contributed by atoms with Crippen LogP contribution in [0.3, 0.4) is 0 Å². The number of carboxylic acids is 1. The van der Waals surface area contributed by atoms with E-state index in [2.05, 4.69) is 5.32 Å². The monoisotopic (exact) mass is 269 g/mol. The van der Waals surface area contributed by atoms with Gasteiger partial charge in [0.1, 0.15) is 17.1 Å². The first kappa shape index (κ1) is 14.9.